The van der Waals surface area contributed by atoms with E-state index in [4.69, 9.17) is 4.74 Å². The Bertz CT molecular complexity index is 610. The van der Waals surface area contributed by atoms with Crippen LogP contribution in [0.5, 0.6) is 5.75 Å². The van der Waals surface area contributed by atoms with Crippen LogP contribution in [0.2, 0.25) is 0 Å². The van der Waals surface area contributed by atoms with Gasteiger partial charge in [-0.15, -0.1) is 0 Å². The standard InChI is InChI=1S/C17H16O/c1-4-12-10-11-5-3-9-17-13(11)6-2-8-15(17)18-14(7-1)16(12)17/h1-2,4,6-8,11,15H,3,5,9-10H2/t11-,15+,17-/m1/s1. The van der Waals surface area contributed by atoms with Gasteiger partial charge in [-0.1, -0.05) is 36.3 Å². The maximum atomic E-state index is 6.25. The normalized spacial score (nSPS) is 37.9. The van der Waals surface area contributed by atoms with E-state index in [9.17, 15) is 0 Å². The van der Waals surface area contributed by atoms with Crippen molar-refractivity contribution in [3.63, 3.8) is 0 Å². The summed E-state index contributed by atoms with van der Waals surface area (Å²) in [4.78, 5) is 0. The first-order chi connectivity index (χ1) is 8.89. The van der Waals surface area contributed by atoms with E-state index in [2.05, 4.69) is 36.4 Å². The van der Waals surface area contributed by atoms with Crippen LogP contribution in [0.1, 0.15) is 30.4 Å². The lowest BCUT2D eigenvalue weighted by molar-refractivity contribution is 0.167. The maximum Gasteiger partial charge on any atom is 0.131 e. The Hall–Kier alpha value is -1.50. The van der Waals surface area contributed by atoms with Crippen molar-refractivity contribution in [2.24, 2.45) is 5.92 Å². The minimum absolute atomic E-state index is 0.210. The van der Waals surface area contributed by atoms with E-state index in [1.165, 1.54) is 31.2 Å². The smallest absolute Gasteiger partial charge is 0.131 e. The molecule has 1 aromatic rings. The van der Waals surface area contributed by atoms with Crippen molar-refractivity contribution in [1.29, 1.82) is 0 Å². The third-order valence-electron chi connectivity index (χ3n) is 5.40. The molecule has 0 radical (unpaired) electrons. The first-order valence-electron chi connectivity index (χ1n) is 7.07. The van der Waals surface area contributed by atoms with Crippen LogP contribution in [0.4, 0.5) is 0 Å². The fourth-order valence-electron chi connectivity index (χ4n) is 4.82. The highest BCUT2D eigenvalue weighted by Gasteiger charge is 2.57. The van der Waals surface area contributed by atoms with Gasteiger partial charge in [-0.05, 0) is 42.9 Å². The number of rotatable bonds is 0. The molecule has 5 rings (SSSR count). The Morgan fingerprint density at radius 3 is 3.28 bits per heavy atom. The number of ether oxygens (including phenoxy) is 1. The van der Waals surface area contributed by atoms with Gasteiger partial charge in [-0.3, -0.25) is 0 Å². The zero-order chi connectivity index (χ0) is 11.7. The molecule has 1 aliphatic heterocycles. The summed E-state index contributed by atoms with van der Waals surface area (Å²) in [6.07, 6.45) is 12.3. The highest BCUT2D eigenvalue weighted by atomic mass is 16.5. The topological polar surface area (TPSA) is 9.23 Å². The van der Waals surface area contributed by atoms with Crippen molar-refractivity contribution in [2.75, 3.05) is 0 Å². The molecule has 2 bridgehead atoms. The summed E-state index contributed by atoms with van der Waals surface area (Å²) in [5, 5.41) is 0. The van der Waals surface area contributed by atoms with E-state index < -0.39 is 0 Å². The molecule has 1 heteroatoms. The lowest BCUT2D eigenvalue weighted by Crippen LogP contribution is -2.48. The predicted octanol–water partition coefficient (Wildman–Crippen LogP) is 3.54. The average molecular weight is 236 g/mol. The third-order valence-corrected chi connectivity index (χ3v) is 5.40. The van der Waals surface area contributed by atoms with Crippen molar-refractivity contribution < 1.29 is 4.74 Å². The number of benzene rings is 1. The molecular weight excluding hydrogens is 220 g/mol. The molecule has 18 heavy (non-hydrogen) atoms. The van der Waals surface area contributed by atoms with Crippen LogP contribution in [0.25, 0.3) is 0 Å². The molecule has 0 N–H and O–H groups in total. The van der Waals surface area contributed by atoms with Crippen molar-refractivity contribution in [3.8, 4) is 5.75 Å². The van der Waals surface area contributed by atoms with Crippen molar-refractivity contribution >= 4 is 0 Å². The van der Waals surface area contributed by atoms with Gasteiger partial charge < -0.3 is 4.74 Å². The molecule has 0 amide bonds. The molecule has 4 aliphatic rings. The summed E-state index contributed by atoms with van der Waals surface area (Å²) in [6, 6.07) is 6.64. The zero-order valence-corrected chi connectivity index (χ0v) is 10.4. The van der Waals surface area contributed by atoms with Crippen molar-refractivity contribution in [2.45, 2.75) is 37.2 Å². The third kappa shape index (κ3) is 0.858. The van der Waals surface area contributed by atoms with Gasteiger partial charge in [0.2, 0.25) is 0 Å². The van der Waals surface area contributed by atoms with E-state index in [1.807, 2.05) is 0 Å². The summed E-state index contributed by atoms with van der Waals surface area (Å²) in [5.74, 6) is 1.91. The first-order valence-corrected chi connectivity index (χ1v) is 7.07. The van der Waals surface area contributed by atoms with Gasteiger partial charge in [-0.2, -0.15) is 0 Å². The number of allylic oxidation sites excluding steroid dienone is 2. The van der Waals surface area contributed by atoms with E-state index in [-0.39, 0.29) is 11.5 Å². The maximum absolute atomic E-state index is 6.25. The van der Waals surface area contributed by atoms with Gasteiger partial charge in [0.15, 0.2) is 0 Å². The Balaban J connectivity index is 1.91. The Morgan fingerprint density at radius 2 is 2.28 bits per heavy atom. The lowest BCUT2D eigenvalue weighted by Gasteiger charge is -2.48. The quantitative estimate of drug-likeness (QED) is 0.669. The van der Waals surface area contributed by atoms with Gasteiger partial charge in [0, 0.05) is 5.56 Å². The molecule has 1 nitrogen and oxygen atoms in total. The SMILES string of the molecule is C1=C[C@@H]2Oc3cccc4c3[C@@]23CCC[C@H](C4)C3=C1. The monoisotopic (exact) mass is 236 g/mol. The molecule has 0 saturated heterocycles. The van der Waals surface area contributed by atoms with E-state index >= 15 is 0 Å². The molecule has 3 aliphatic carbocycles. The molecule has 1 saturated carbocycles. The summed E-state index contributed by atoms with van der Waals surface area (Å²) in [6.45, 7) is 0. The second-order valence-electron chi connectivity index (χ2n) is 6.10. The summed E-state index contributed by atoms with van der Waals surface area (Å²) in [5.41, 5.74) is 4.95. The number of hydrogen-bond acceptors (Lipinski definition) is 1. The second kappa shape index (κ2) is 2.90. The summed E-state index contributed by atoms with van der Waals surface area (Å²) < 4.78 is 6.25. The molecule has 1 aromatic carbocycles. The molecule has 1 spiro atoms. The second-order valence-corrected chi connectivity index (χ2v) is 6.10. The van der Waals surface area contributed by atoms with Crippen LogP contribution in [0.15, 0.2) is 42.0 Å². The molecule has 1 fully saturated rings. The molecule has 1 heterocycles. The fourth-order valence-corrected chi connectivity index (χ4v) is 4.82. The highest BCUT2D eigenvalue weighted by Crippen LogP contribution is 2.61. The van der Waals surface area contributed by atoms with Crippen molar-refractivity contribution in [3.05, 3.63) is 53.1 Å². The zero-order valence-electron chi connectivity index (χ0n) is 10.4. The highest BCUT2D eigenvalue weighted by molar-refractivity contribution is 5.62. The van der Waals surface area contributed by atoms with Gasteiger partial charge in [0.05, 0.1) is 5.41 Å². The minimum atomic E-state index is 0.210. The van der Waals surface area contributed by atoms with E-state index in [0.717, 1.165) is 11.7 Å². The Kier molecular flexibility index (Phi) is 1.52. The van der Waals surface area contributed by atoms with Gasteiger partial charge in [-0.25, -0.2) is 0 Å². The van der Waals surface area contributed by atoms with Crippen LogP contribution in [0.3, 0.4) is 0 Å². The molecule has 90 valence electrons. The predicted molar refractivity (Wildman–Crippen MR) is 70.8 cm³/mol. The van der Waals surface area contributed by atoms with E-state index in [1.54, 1.807) is 11.1 Å². The number of hydrogen-bond donors (Lipinski definition) is 0. The van der Waals surface area contributed by atoms with Gasteiger partial charge in [0.1, 0.15) is 11.9 Å². The molecule has 3 atom stereocenters. The van der Waals surface area contributed by atoms with Crippen LogP contribution >= 0.6 is 0 Å². The van der Waals surface area contributed by atoms with Crippen molar-refractivity contribution in [1.82, 2.24) is 0 Å². The van der Waals surface area contributed by atoms with E-state index in [0.29, 0.717) is 0 Å². The largest absolute Gasteiger partial charge is 0.485 e. The first kappa shape index (κ1) is 9.43. The average Bonchev–Trinajstić information content (AvgIpc) is 2.70. The van der Waals surface area contributed by atoms with Crippen LogP contribution < -0.4 is 4.74 Å². The molecule has 0 aromatic heterocycles. The fraction of sp³-hybridized carbons (Fsp3) is 0.412. The lowest BCUT2D eigenvalue weighted by atomic mass is 9.54. The Morgan fingerprint density at radius 1 is 1.28 bits per heavy atom. The molecular formula is C17H16O. The Labute approximate surface area is 107 Å². The summed E-state index contributed by atoms with van der Waals surface area (Å²) in [7, 11) is 0. The van der Waals surface area contributed by atoms with Crippen LogP contribution in [-0.4, -0.2) is 6.10 Å². The van der Waals surface area contributed by atoms with Gasteiger partial charge in [0.25, 0.3) is 0 Å². The molecule has 0 unspecified atom stereocenters. The van der Waals surface area contributed by atoms with Crippen LogP contribution in [0, 0.1) is 5.92 Å². The van der Waals surface area contributed by atoms with Gasteiger partial charge >= 0.3 is 0 Å². The minimum Gasteiger partial charge on any atom is -0.485 e. The summed E-state index contributed by atoms with van der Waals surface area (Å²) >= 11 is 0. The van der Waals surface area contributed by atoms with Crippen LogP contribution in [-0.2, 0) is 11.8 Å².